The third-order valence-electron chi connectivity index (χ3n) is 3.05. The summed E-state index contributed by atoms with van der Waals surface area (Å²) in [5.74, 6) is 0.415. The van der Waals surface area contributed by atoms with Crippen LogP contribution in [0.4, 0.5) is 0 Å². The van der Waals surface area contributed by atoms with Crippen LogP contribution >= 0.6 is 11.3 Å². The quantitative estimate of drug-likeness (QED) is 0.909. The smallest absolute Gasteiger partial charge is 0.306 e. The lowest BCUT2D eigenvalue weighted by molar-refractivity contribution is -0.140. The van der Waals surface area contributed by atoms with Crippen molar-refractivity contribution in [1.29, 1.82) is 0 Å². The van der Waals surface area contributed by atoms with E-state index in [4.69, 9.17) is 9.84 Å². The van der Waals surface area contributed by atoms with Crippen molar-refractivity contribution in [2.45, 2.75) is 33.0 Å². The Hall–Kier alpha value is -1.73. The molecule has 3 rings (SSSR count). The van der Waals surface area contributed by atoms with Gasteiger partial charge in [0.1, 0.15) is 16.9 Å². The average Bonchev–Trinajstić information content (AvgIpc) is 2.84. The van der Waals surface area contributed by atoms with Crippen molar-refractivity contribution in [2.24, 2.45) is 0 Å². The van der Waals surface area contributed by atoms with E-state index in [0.29, 0.717) is 12.4 Å². The number of thiophene rings is 1. The number of rotatable bonds is 2. The standard InChI is InChI=1S/C12H13N3O3S/c1-6-3-8-5-18-9(4-10(16)17)11-14-13-7(2)15(11)12(8)19-6/h3,9H,4-5H2,1-2H3,(H,16,17). The highest BCUT2D eigenvalue weighted by atomic mass is 32.1. The number of hydrogen-bond donors (Lipinski definition) is 1. The molecule has 0 saturated heterocycles. The van der Waals surface area contributed by atoms with Crippen molar-refractivity contribution >= 4 is 17.3 Å². The highest BCUT2D eigenvalue weighted by Crippen LogP contribution is 2.35. The van der Waals surface area contributed by atoms with Gasteiger partial charge in [0, 0.05) is 10.4 Å². The van der Waals surface area contributed by atoms with E-state index >= 15 is 0 Å². The van der Waals surface area contributed by atoms with E-state index in [1.165, 1.54) is 4.88 Å². The molecule has 0 aliphatic carbocycles. The van der Waals surface area contributed by atoms with Crippen molar-refractivity contribution in [2.75, 3.05) is 0 Å². The van der Waals surface area contributed by atoms with E-state index in [9.17, 15) is 4.79 Å². The zero-order valence-corrected chi connectivity index (χ0v) is 11.4. The molecule has 0 radical (unpaired) electrons. The minimum atomic E-state index is -0.904. The first-order valence-corrected chi connectivity index (χ1v) is 6.73. The van der Waals surface area contributed by atoms with Crippen molar-refractivity contribution < 1.29 is 14.6 Å². The predicted octanol–water partition coefficient (Wildman–Crippen LogP) is 1.99. The molecule has 1 aliphatic heterocycles. The number of carbonyl (C=O) groups is 1. The van der Waals surface area contributed by atoms with Crippen LogP contribution < -0.4 is 0 Å². The van der Waals surface area contributed by atoms with Gasteiger partial charge in [0.25, 0.3) is 0 Å². The molecule has 0 amide bonds. The molecule has 0 spiro atoms. The zero-order valence-electron chi connectivity index (χ0n) is 10.6. The molecule has 1 atom stereocenters. The third-order valence-corrected chi connectivity index (χ3v) is 4.13. The second kappa shape index (κ2) is 4.43. The lowest BCUT2D eigenvalue weighted by Crippen LogP contribution is -2.12. The van der Waals surface area contributed by atoms with Crippen LogP contribution in [0, 0.1) is 13.8 Å². The van der Waals surface area contributed by atoms with Gasteiger partial charge in [-0.3, -0.25) is 9.36 Å². The van der Waals surface area contributed by atoms with Crippen LogP contribution in [0.5, 0.6) is 0 Å². The van der Waals surface area contributed by atoms with Crippen molar-refractivity contribution in [1.82, 2.24) is 14.8 Å². The minimum absolute atomic E-state index is 0.105. The molecular formula is C12H13N3O3S. The highest BCUT2D eigenvalue weighted by Gasteiger charge is 2.29. The number of carboxylic acids is 1. The predicted molar refractivity (Wildman–Crippen MR) is 68.5 cm³/mol. The Labute approximate surface area is 113 Å². The van der Waals surface area contributed by atoms with Crippen LogP contribution in [0.3, 0.4) is 0 Å². The maximum atomic E-state index is 10.9. The van der Waals surface area contributed by atoms with E-state index in [0.717, 1.165) is 16.4 Å². The normalized spacial score (nSPS) is 17.7. The van der Waals surface area contributed by atoms with Gasteiger partial charge >= 0.3 is 5.97 Å². The molecular weight excluding hydrogens is 266 g/mol. The molecule has 0 aromatic carbocycles. The van der Waals surface area contributed by atoms with Gasteiger partial charge in [-0.25, -0.2) is 0 Å². The van der Waals surface area contributed by atoms with Gasteiger partial charge in [0.05, 0.1) is 13.0 Å². The maximum absolute atomic E-state index is 10.9. The number of aliphatic carboxylic acids is 1. The molecule has 100 valence electrons. The van der Waals surface area contributed by atoms with Crippen molar-refractivity contribution in [3.63, 3.8) is 0 Å². The van der Waals surface area contributed by atoms with Crippen LogP contribution in [-0.2, 0) is 16.1 Å². The molecule has 1 aliphatic rings. The Balaban J connectivity index is 2.14. The summed E-state index contributed by atoms with van der Waals surface area (Å²) in [5, 5.41) is 18.1. The summed E-state index contributed by atoms with van der Waals surface area (Å²) in [4.78, 5) is 12.1. The Morgan fingerprint density at radius 1 is 1.58 bits per heavy atom. The SMILES string of the molecule is Cc1cc2c(s1)-n1c(C)nnc1C(CC(=O)O)OC2. The topological polar surface area (TPSA) is 77.2 Å². The van der Waals surface area contributed by atoms with Gasteiger partial charge in [-0.15, -0.1) is 21.5 Å². The first kappa shape index (κ1) is 12.3. The van der Waals surface area contributed by atoms with Gasteiger partial charge < -0.3 is 9.84 Å². The first-order valence-electron chi connectivity index (χ1n) is 5.91. The number of carboxylic acid groups (broad SMARTS) is 1. The molecule has 2 aromatic rings. The first-order chi connectivity index (χ1) is 9.06. The van der Waals surface area contributed by atoms with Gasteiger partial charge in [-0.2, -0.15) is 0 Å². The Kier molecular flexibility index (Phi) is 2.87. The lowest BCUT2D eigenvalue weighted by atomic mass is 10.2. The molecule has 1 unspecified atom stereocenters. The van der Waals surface area contributed by atoms with Crippen LogP contribution in [0.2, 0.25) is 0 Å². The lowest BCUT2D eigenvalue weighted by Gasteiger charge is -2.12. The minimum Gasteiger partial charge on any atom is -0.481 e. The van der Waals surface area contributed by atoms with Gasteiger partial charge in [-0.05, 0) is 19.9 Å². The number of aromatic nitrogens is 3. The van der Waals surface area contributed by atoms with Crippen LogP contribution in [-0.4, -0.2) is 25.8 Å². The molecule has 6 nitrogen and oxygen atoms in total. The maximum Gasteiger partial charge on any atom is 0.306 e. The second-order valence-electron chi connectivity index (χ2n) is 4.53. The summed E-state index contributed by atoms with van der Waals surface area (Å²) in [6.45, 7) is 4.30. The summed E-state index contributed by atoms with van der Waals surface area (Å²) in [5.41, 5.74) is 1.06. The third kappa shape index (κ3) is 2.04. The van der Waals surface area contributed by atoms with E-state index in [1.807, 2.05) is 18.4 Å². The molecule has 7 heteroatoms. The van der Waals surface area contributed by atoms with Crippen LogP contribution in [0.25, 0.3) is 5.00 Å². The highest BCUT2D eigenvalue weighted by molar-refractivity contribution is 7.14. The summed E-state index contributed by atoms with van der Waals surface area (Å²) in [6.07, 6.45) is -0.662. The second-order valence-corrected chi connectivity index (χ2v) is 5.76. The molecule has 2 aromatic heterocycles. The summed E-state index contributed by atoms with van der Waals surface area (Å²) >= 11 is 1.64. The van der Waals surface area contributed by atoms with E-state index in [-0.39, 0.29) is 6.42 Å². The average molecular weight is 279 g/mol. The van der Waals surface area contributed by atoms with Crippen LogP contribution in [0.15, 0.2) is 6.07 Å². The molecule has 0 saturated carbocycles. The van der Waals surface area contributed by atoms with Crippen LogP contribution in [0.1, 0.15) is 34.6 Å². The van der Waals surface area contributed by atoms with Gasteiger partial charge in [0.15, 0.2) is 5.82 Å². The zero-order chi connectivity index (χ0) is 13.6. The number of ether oxygens (including phenoxy) is 1. The van der Waals surface area contributed by atoms with E-state index < -0.39 is 12.1 Å². The fourth-order valence-corrected chi connectivity index (χ4v) is 3.33. The van der Waals surface area contributed by atoms with Gasteiger partial charge in [0.2, 0.25) is 0 Å². The number of hydrogen-bond acceptors (Lipinski definition) is 5. The van der Waals surface area contributed by atoms with Crippen molar-refractivity contribution in [3.05, 3.63) is 28.2 Å². The Bertz CT molecular complexity index is 647. The molecule has 1 N–H and O–H groups in total. The largest absolute Gasteiger partial charge is 0.481 e. The molecule has 19 heavy (non-hydrogen) atoms. The number of aryl methyl sites for hydroxylation is 2. The monoisotopic (exact) mass is 279 g/mol. The number of nitrogens with zero attached hydrogens (tertiary/aromatic N) is 3. The molecule has 0 bridgehead atoms. The summed E-state index contributed by atoms with van der Waals surface area (Å²) < 4.78 is 7.61. The van der Waals surface area contributed by atoms with E-state index in [2.05, 4.69) is 16.3 Å². The van der Waals surface area contributed by atoms with Crippen molar-refractivity contribution in [3.8, 4) is 5.00 Å². The fraction of sp³-hybridized carbons (Fsp3) is 0.417. The molecule has 0 fully saturated rings. The number of fused-ring (bicyclic) bond motifs is 3. The summed E-state index contributed by atoms with van der Waals surface area (Å²) in [7, 11) is 0. The molecule has 3 heterocycles. The Morgan fingerprint density at radius 3 is 3.11 bits per heavy atom. The Morgan fingerprint density at radius 2 is 2.37 bits per heavy atom. The summed E-state index contributed by atoms with van der Waals surface area (Å²) in [6, 6.07) is 2.06. The van der Waals surface area contributed by atoms with Gasteiger partial charge in [-0.1, -0.05) is 0 Å². The fourth-order valence-electron chi connectivity index (χ4n) is 2.26. The van der Waals surface area contributed by atoms with E-state index in [1.54, 1.807) is 11.3 Å².